The number of aromatic amines is 1. The molecule has 2 heterocycles. The molecule has 1 atom stereocenters. The van der Waals surface area contributed by atoms with Crippen LogP contribution in [0, 0.1) is 0 Å². The van der Waals surface area contributed by atoms with Crippen LogP contribution < -0.4 is 5.73 Å². The van der Waals surface area contributed by atoms with Gasteiger partial charge in [-0.05, 0) is 12.1 Å². The highest BCUT2D eigenvalue weighted by atomic mass is 16.3. The molecular weight excluding hydrogens is 216 g/mol. The Morgan fingerprint density at radius 3 is 2.65 bits per heavy atom. The van der Waals surface area contributed by atoms with E-state index in [1.807, 2.05) is 12.3 Å². The van der Waals surface area contributed by atoms with Gasteiger partial charge in [-0.15, -0.1) is 0 Å². The number of piperazine rings is 1. The first-order valence-electron chi connectivity index (χ1n) is 6.25. The fourth-order valence-electron chi connectivity index (χ4n) is 2.46. The Morgan fingerprint density at radius 1 is 1.35 bits per heavy atom. The number of hydrogen-bond acceptors (Lipinski definition) is 4. The molecule has 1 aliphatic heterocycles. The van der Waals surface area contributed by atoms with Crippen LogP contribution >= 0.6 is 0 Å². The van der Waals surface area contributed by atoms with Gasteiger partial charge in [-0.2, -0.15) is 0 Å². The quantitative estimate of drug-likeness (QED) is 0.654. The van der Waals surface area contributed by atoms with E-state index in [9.17, 15) is 0 Å². The summed E-state index contributed by atoms with van der Waals surface area (Å²) in [6, 6.07) is 4.40. The summed E-state index contributed by atoms with van der Waals surface area (Å²) in [5.41, 5.74) is 7.07. The van der Waals surface area contributed by atoms with Gasteiger partial charge in [0.15, 0.2) is 0 Å². The maximum Gasteiger partial charge on any atom is 0.0623 e. The first kappa shape index (κ1) is 12.6. The van der Waals surface area contributed by atoms with Crippen molar-refractivity contribution in [2.75, 3.05) is 45.9 Å². The molecule has 0 aliphatic carbocycles. The summed E-state index contributed by atoms with van der Waals surface area (Å²) >= 11 is 0. The summed E-state index contributed by atoms with van der Waals surface area (Å²) in [7, 11) is 0. The first-order chi connectivity index (χ1) is 8.35. The molecule has 96 valence electrons. The molecule has 1 saturated heterocycles. The molecule has 0 saturated carbocycles. The van der Waals surface area contributed by atoms with E-state index < -0.39 is 0 Å². The number of aromatic nitrogens is 1. The van der Waals surface area contributed by atoms with Crippen molar-refractivity contribution in [3.8, 4) is 0 Å². The van der Waals surface area contributed by atoms with E-state index in [0.717, 1.165) is 32.7 Å². The second-order valence-corrected chi connectivity index (χ2v) is 4.48. The molecule has 1 unspecified atom stereocenters. The van der Waals surface area contributed by atoms with Gasteiger partial charge >= 0.3 is 0 Å². The minimum atomic E-state index is 0.247. The van der Waals surface area contributed by atoms with Crippen molar-refractivity contribution >= 4 is 0 Å². The van der Waals surface area contributed by atoms with E-state index in [4.69, 9.17) is 10.8 Å². The Bertz CT molecular complexity index is 306. The molecule has 4 N–H and O–H groups in total. The van der Waals surface area contributed by atoms with E-state index in [1.165, 1.54) is 5.69 Å². The van der Waals surface area contributed by atoms with E-state index in [1.54, 1.807) is 0 Å². The first-order valence-corrected chi connectivity index (χ1v) is 6.25. The van der Waals surface area contributed by atoms with Crippen molar-refractivity contribution in [1.82, 2.24) is 14.8 Å². The van der Waals surface area contributed by atoms with Crippen LogP contribution in [0.5, 0.6) is 0 Å². The average molecular weight is 238 g/mol. The molecule has 1 aromatic rings. The van der Waals surface area contributed by atoms with E-state index in [-0.39, 0.29) is 6.61 Å². The zero-order valence-electron chi connectivity index (χ0n) is 10.2. The lowest BCUT2D eigenvalue weighted by Gasteiger charge is -2.38. The zero-order valence-corrected chi connectivity index (χ0v) is 10.2. The van der Waals surface area contributed by atoms with Gasteiger partial charge in [-0.25, -0.2) is 0 Å². The zero-order chi connectivity index (χ0) is 12.1. The Balaban J connectivity index is 1.90. The van der Waals surface area contributed by atoms with Gasteiger partial charge in [0.25, 0.3) is 0 Å². The predicted octanol–water partition coefficient (Wildman–Crippen LogP) is -0.376. The number of nitrogens with zero attached hydrogens (tertiary/aromatic N) is 2. The van der Waals surface area contributed by atoms with Gasteiger partial charge in [0.2, 0.25) is 0 Å². The second-order valence-electron chi connectivity index (χ2n) is 4.48. The summed E-state index contributed by atoms with van der Waals surface area (Å²) in [5.74, 6) is 0. The molecule has 2 rings (SSSR count). The maximum atomic E-state index is 8.91. The fraction of sp³-hybridized carbons (Fsp3) is 0.667. The Hall–Kier alpha value is -0.880. The highest BCUT2D eigenvalue weighted by Gasteiger charge is 2.24. The van der Waals surface area contributed by atoms with Crippen LogP contribution in [0.1, 0.15) is 11.7 Å². The number of nitrogens with one attached hydrogen (secondary N) is 1. The van der Waals surface area contributed by atoms with Crippen molar-refractivity contribution in [1.29, 1.82) is 0 Å². The van der Waals surface area contributed by atoms with Gasteiger partial charge in [0.05, 0.1) is 12.6 Å². The minimum absolute atomic E-state index is 0.247. The van der Waals surface area contributed by atoms with Crippen LogP contribution in [0.25, 0.3) is 0 Å². The summed E-state index contributed by atoms with van der Waals surface area (Å²) in [5, 5.41) is 8.91. The third kappa shape index (κ3) is 3.07. The molecule has 5 nitrogen and oxygen atoms in total. The van der Waals surface area contributed by atoms with Gasteiger partial charge in [-0.3, -0.25) is 9.80 Å². The average Bonchev–Trinajstić information content (AvgIpc) is 2.86. The van der Waals surface area contributed by atoms with Crippen molar-refractivity contribution in [3.05, 3.63) is 24.0 Å². The molecule has 0 radical (unpaired) electrons. The molecule has 1 fully saturated rings. The molecule has 0 amide bonds. The van der Waals surface area contributed by atoms with Gasteiger partial charge < -0.3 is 15.8 Å². The van der Waals surface area contributed by atoms with E-state index in [2.05, 4.69) is 20.9 Å². The molecule has 1 aromatic heterocycles. The smallest absolute Gasteiger partial charge is 0.0623 e. The standard InChI is InChI=1S/C12H22N4O/c13-10-12(11-2-1-3-14-11)16-6-4-15(5-7-16)8-9-17/h1-3,12,14,17H,4-10,13H2. The topological polar surface area (TPSA) is 68.5 Å². The van der Waals surface area contributed by atoms with Crippen LogP contribution in [0.4, 0.5) is 0 Å². The van der Waals surface area contributed by atoms with E-state index >= 15 is 0 Å². The third-order valence-electron chi connectivity index (χ3n) is 3.47. The summed E-state index contributed by atoms with van der Waals surface area (Å²) in [4.78, 5) is 7.95. The van der Waals surface area contributed by atoms with Crippen LogP contribution in [0.15, 0.2) is 18.3 Å². The summed E-state index contributed by atoms with van der Waals surface area (Å²) in [6.07, 6.45) is 1.94. The minimum Gasteiger partial charge on any atom is -0.395 e. The highest BCUT2D eigenvalue weighted by Crippen LogP contribution is 2.19. The van der Waals surface area contributed by atoms with Crippen LogP contribution in [0.2, 0.25) is 0 Å². The van der Waals surface area contributed by atoms with Crippen molar-refractivity contribution in [2.24, 2.45) is 5.73 Å². The molecular formula is C12H22N4O. The normalized spacial score (nSPS) is 20.6. The van der Waals surface area contributed by atoms with Crippen molar-refractivity contribution < 1.29 is 5.11 Å². The Labute approximate surface area is 102 Å². The number of β-amino-alcohol motifs (C(OH)–C–C–N with tert-alkyl or cyclic N) is 1. The van der Waals surface area contributed by atoms with Crippen LogP contribution in [0.3, 0.4) is 0 Å². The van der Waals surface area contributed by atoms with Gasteiger partial charge in [0.1, 0.15) is 0 Å². The number of rotatable bonds is 5. The molecule has 5 heteroatoms. The highest BCUT2D eigenvalue weighted by molar-refractivity contribution is 5.10. The van der Waals surface area contributed by atoms with Crippen LogP contribution in [-0.4, -0.2) is 65.8 Å². The number of nitrogens with two attached hydrogens (primary N) is 1. The molecule has 0 aromatic carbocycles. The SMILES string of the molecule is NCC(c1ccc[nH]1)N1CCN(CCO)CC1. The molecule has 0 bridgehead atoms. The number of hydrogen-bond donors (Lipinski definition) is 3. The Kier molecular flexibility index (Phi) is 4.56. The predicted molar refractivity (Wildman–Crippen MR) is 67.7 cm³/mol. The van der Waals surface area contributed by atoms with Gasteiger partial charge in [-0.1, -0.05) is 0 Å². The monoisotopic (exact) mass is 238 g/mol. The number of H-pyrrole nitrogens is 1. The molecule has 1 aliphatic rings. The maximum absolute atomic E-state index is 8.91. The Morgan fingerprint density at radius 2 is 2.12 bits per heavy atom. The second kappa shape index (κ2) is 6.16. The van der Waals surface area contributed by atoms with Crippen molar-refractivity contribution in [2.45, 2.75) is 6.04 Å². The largest absolute Gasteiger partial charge is 0.395 e. The lowest BCUT2D eigenvalue weighted by atomic mass is 10.1. The fourth-order valence-corrected chi connectivity index (χ4v) is 2.46. The molecule has 0 spiro atoms. The van der Waals surface area contributed by atoms with Crippen molar-refractivity contribution in [3.63, 3.8) is 0 Å². The summed E-state index contributed by atoms with van der Waals surface area (Å²) in [6.45, 7) is 5.72. The summed E-state index contributed by atoms with van der Waals surface area (Å²) < 4.78 is 0. The number of aliphatic hydroxyl groups is 1. The van der Waals surface area contributed by atoms with Crippen LogP contribution in [-0.2, 0) is 0 Å². The number of aliphatic hydroxyl groups excluding tert-OH is 1. The van der Waals surface area contributed by atoms with Gasteiger partial charge in [0, 0.05) is 51.2 Å². The van der Waals surface area contributed by atoms with E-state index in [0.29, 0.717) is 12.6 Å². The molecule has 17 heavy (non-hydrogen) atoms. The third-order valence-corrected chi connectivity index (χ3v) is 3.47. The lowest BCUT2D eigenvalue weighted by molar-refractivity contribution is 0.0846. The lowest BCUT2D eigenvalue weighted by Crippen LogP contribution is -2.49.